The second kappa shape index (κ2) is 5.55. The van der Waals surface area contributed by atoms with Crippen LogP contribution in [0, 0.1) is 5.92 Å². The number of rotatable bonds is 5. The normalized spacial score (nSPS) is 18.2. The Morgan fingerprint density at radius 2 is 1.89 bits per heavy atom. The van der Waals surface area contributed by atoms with Crippen LogP contribution in [0.5, 0.6) is 0 Å². The Labute approximate surface area is 110 Å². The summed E-state index contributed by atoms with van der Waals surface area (Å²) in [6.07, 6.45) is 3.18. The number of carbonyl (C=O) groups is 1. The Kier molecular flexibility index (Phi) is 4.05. The first-order valence-corrected chi connectivity index (χ1v) is 6.90. The van der Waals surface area contributed by atoms with E-state index in [1.807, 2.05) is 30.1 Å². The molecule has 0 aromatic heterocycles. The number of hydrogen-bond donors (Lipinski definition) is 0. The molecular formula is C16H23NO. The van der Waals surface area contributed by atoms with Gasteiger partial charge in [-0.05, 0) is 37.2 Å². The fourth-order valence-corrected chi connectivity index (χ4v) is 2.43. The highest BCUT2D eigenvalue weighted by Crippen LogP contribution is 2.35. The van der Waals surface area contributed by atoms with Crippen LogP contribution in [0.2, 0.25) is 0 Å². The molecular weight excluding hydrogens is 222 g/mol. The summed E-state index contributed by atoms with van der Waals surface area (Å²) < 4.78 is 0. The maximum Gasteiger partial charge on any atom is 0.223 e. The molecule has 1 aromatic carbocycles. The molecule has 0 heterocycles. The van der Waals surface area contributed by atoms with Gasteiger partial charge in [-0.2, -0.15) is 0 Å². The Bertz CT molecular complexity index is 397. The third-order valence-corrected chi connectivity index (χ3v) is 4.16. The summed E-state index contributed by atoms with van der Waals surface area (Å²) in [4.78, 5) is 14.2. The first-order chi connectivity index (χ1) is 8.59. The Morgan fingerprint density at radius 3 is 2.44 bits per heavy atom. The number of carbonyl (C=O) groups excluding carboxylic acids is 1. The Hall–Kier alpha value is -1.31. The number of benzene rings is 1. The lowest BCUT2D eigenvalue weighted by atomic mass is 9.97. The molecule has 1 saturated carbocycles. The molecule has 0 bridgehead atoms. The lowest BCUT2D eigenvalue weighted by Gasteiger charge is -2.26. The molecule has 2 nitrogen and oxygen atoms in total. The lowest BCUT2D eigenvalue weighted by molar-refractivity contribution is -0.132. The molecule has 1 amide bonds. The highest BCUT2D eigenvalue weighted by Gasteiger charge is 2.32. The van der Waals surface area contributed by atoms with Gasteiger partial charge in [-0.15, -0.1) is 0 Å². The van der Waals surface area contributed by atoms with Gasteiger partial charge in [0.25, 0.3) is 0 Å². The number of nitrogens with zero attached hydrogens (tertiary/aromatic N) is 1. The van der Waals surface area contributed by atoms with Crippen molar-refractivity contribution < 1.29 is 4.79 Å². The average molecular weight is 245 g/mol. The summed E-state index contributed by atoms with van der Waals surface area (Å²) in [6, 6.07) is 10.7. The van der Waals surface area contributed by atoms with E-state index in [4.69, 9.17) is 0 Å². The molecule has 0 radical (unpaired) electrons. The van der Waals surface area contributed by atoms with Crippen molar-refractivity contribution in [3.05, 3.63) is 35.9 Å². The van der Waals surface area contributed by atoms with Crippen molar-refractivity contribution in [3.8, 4) is 0 Å². The average Bonchev–Trinajstić information content (AvgIpc) is 3.22. The summed E-state index contributed by atoms with van der Waals surface area (Å²) in [5, 5.41) is 0. The maximum atomic E-state index is 12.2. The number of hydrogen-bond acceptors (Lipinski definition) is 1. The maximum absolute atomic E-state index is 12.2. The SMILES string of the molecule is C[C@H](CC(=O)N(C)[C@@H](C)C1CC1)c1ccccc1. The summed E-state index contributed by atoms with van der Waals surface area (Å²) in [7, 11) is 1.95. The van der Waals surface area contributed by atoms with E-state index in [-0.39, 0.29) is 5.91 Å². The smallest absolute Gasteiger partial charge is 0.223 e. The summed E-state index contributed by atoms with van der Waals surface area (Å²) in [6.45, 7) is 4.30. The van der Waals surface area contributed by atoms with E-state index < -0.39 is 0 Å². The zero-order valence-electron chi connectivity index (χ0n) is 11.6. The summed E-state index contributed by atoms with van der Waals surface area (Å²) >= 11 is 0. The van der Waals surface area contributed by atoms with Crippen LogP contribution >= 0.6 is 0 Å². The molecule has 0 N–H and O–H groups in total. The van der Waals surface area contributed by atoms with Gasteiger partial charge in [-0.1, -0.05) is 37.3 Å². The second-order valence-electron chi connectivity index (χ2n) is 5.60. The second-order valence-corrected chi connectivity index (χ2v) is 5.60. The van der Waals surface area contributed by atoms with E-state index in [1.54, 1.807) is 0 Å². The van der Waals surface area contributed by atoms with Crippen molar-refractivity contribution in [2.75, 3.05) is 7.05 Å². The topological polar surface area (TPSA) is 20.3 Å². The van der Waals surface area contributed by atoms with Gasteiger partial charge in [0.1, 0.15) is 0 Å². The molecule has 1 aliphatic rings. The predicted octanol–water partition coefficient (Wildman–Crippen LogP) is 3.44. The molecule has 1 fully saturated rings. The van der Waals surface area contributed by atoms with Crippen molar-refractivity contribution in [2.24, 2.45) is 5.92 Å². The van der Waals surface area contributed by atoms with E-state index >= 15 is 0 Å². The summed E-state index contributed by atoms with van der Waals surface area (Å²) in [5.41, 5.74) is 1.25. The predicted molar refractivity (Wildman–Crippen MR) is 74.4 cm³/mol. The third kappa shape index (κ3) is 3.12. The highest BCUT2D eigenvalue weighted by molar-refractivity contribution is 5.77. The molecule has 1 aromatic rings. The Balaban J connectivity index is 1.90. The quantitative estimate of drug-likeness (QED) is 0.778. The van der Waals surface area contributed by atoms with Crippen LogP contribution in [0.4, 0.5) is 0 Å². The summed E-state index contributed by atoms with van der Waals surface area (Å²) in [5.74, 6) is 1.31. The van der Waals surface area contributed by atoms with Crippen LogP contribution in [-0.4, -0.2) is 23.9 Å². The van der Waals surface area contributed by atoms with Crippen LogP contribution in [0.1, 0.15) is 44.6 Å². The molecule has 0 aliphatic heterocycles. The van der Waals surface area contributed by atoms with Crippen LogP contribution < -0.4 is 0 Å². The van der Waals surface area contributed by atoms with E-state index in [1.165, 1.54) is 18.4 Å². The first-order valence-electron chi connectivity index (χ1n) is 6.90. The monoisotopic (exact) mass is 245 g/mol. The van der Waals surface area contributed by atoms with Gasteiger partial charge in [-0.3, -0.25) is 4.79 Å². The third-order valence-electron chi connectivity index (χ3n) is 4.16. The molecule has 0 spiro atoms. The van der Waals surface area contributed by atoms with Crippen molar-refractivity contribution in [1.82, 2.24) is 4.90 Å². The molecule has 98 valence electrons. The molecule has 2 heteroatoms. The molecule has 18 heavy (non-hydrogen) atoms. The largest absolute Gasteiger partial charge is 0.343 e. The van der Waals surface area contributed by atoms with Crippen LogP contribution in [0.25, 0.3) is 0 Å². The molecule has 0 saturated heterocycles. The van der Waals surface area contributed by atoms with Crippen molar-refractivity contribution in [1.29, 1.82) is 0 Å². The number of amides is 1. The first kappa shape index (κ1) is 13.1. The van der Waals surface area contributed by atoms with Gasteiger partial charge in [-0.25, -0.2) is 0 Å². The fourth-order valence-electron chi connectivity index (χ4n) is 2.43. The van der Waals surface area contributed by atoms with Crippen LogP contribution in [-0.2, 0) is 4.79 Å². The lowest BCUT2D eigenvalue weighted by Crippen LogP contribution is -2.36. The van der Waals surface area contributed by atoms with Crippen LogP contribution in [0.3, 0.4) is 0 Å². The van der Waals surface area contributed by atoms with Crippen molar-refractivity contribution >= 4 is 5.91 Å². The highest BCUT2D eigenvalue weighted by atomic mass is 16.2. The Morgan fingerprint density at radius 1 is 1.28 bits per heavy atom. The molecule has 1 aliphatic carbocycles. The van der Waals surface area contributed by atoms with Crippen molar-refractivity contribution in [3.63, 3.8) is 0 Å². The molecule has 2 atom stereocenters. The van der Waals surface area contributed by atoms with E-state index in [0.717, 1.165) is 5.92 Å². The molecule has 2 rings (SSSR count). The molecule has 0 unspecified atom stereocenters. The zero-order chi connectivity index (χ0) is 13.1. The van der Waals surface area contributed by atoms with E-state index in [0.29, 0.717) is 18.4 Å². The van der Waals surface area contributed by atoms with Gasteiger partial charge < -0.3 is 4.90 Å². The van der Waals surface area contributed by atoms with Crippen LogP contribution in [0.15, 0.2) is 30.3 Å². The van der Waals surface area contributed by atoms with E-state index in [9.17, 15) is 4.79 Å². The van der Waals surface area contributed by atoms with Gasteiger partial charge in [0.2, 0.25) is 5.91 Å². The minimum Gasteiger partial charge on any atom is -0.343 e. The van der Waals surface area contributed by atoms with Gasteiger partial charge >= 0.3 is 0 Å². The van der Waals surface area contributed by atoms with Crippen molar-refractivity contribution in [2.45, 2.75) is 45.1 Å². The van der Waals surface area contributed by atoms with Gasteiger partial charge in [0.15, 0.2) is 0 Å². The standard InChI is InChI=1S/C16H23NO/c1-12(14-7-5-4-6-8-14)11-16(18)17(3)13(2)15-9-10-15/h4-8,12-13,15H,9-11H2,1-3H3/t12-,13+/m1/s1. The zero-order valence-corrected chi connectivity index (χ0v) is 11.6. The minimum atomic E-state index is 0.269. The minimum absolute atomic E-state index is 0.269. The fraction of sp³-hybridized carbons (Fsp3) is 0.562. The van der Waals surface area contributed by atoms with Gasteiger partial charge in [0, 0.05) is 19.5 Å². The van der Waals surface area contributed by atoms with E-state index in [2.05, 4.69) is 26.0 Å². The van der Waals surface area contributed by atoms with Gasteiger partial charge in [0.05, 0.1) is 0 Å².